The molecule has 1 aliphatic heterocycles. The third-order valence-corrected chi connectivity index (χ3v) is 4.13. The molecule has 2 rings (SSSR count). The van der Waals surface area contributed by atoms with Crippen molar-refractivity contribution in [1.29, 1.82) is 0 Å². The minimum Gasteiger partial charge on any atom is -0.444 e. The lowest BCUT2D eigenvalue weighted by atomic mass is 9.86. The van der Waals surface area contributed by atoms with Gasteiger partial charge in [0.25, 0.3) is 0 Å². The minimum absolute atomic E-state index is 0.333. The molecule has 1 aliphatic carbocycles. The first-order chi connectivity index (χ1) is 8.20. The summed E-state index contributed by atoms with van der Waals surface area (Å²) in [6, 6.07) is 0. The predicted octanol–water partition coefficient (Wildman–Crippen LogP) is 2.09. The van der Waals surface area contributed by atoms with Crippen LogP contribution in [0.15, 0.2) is 0 Å². The van der Waals surface area contributed by atoms with E-state index in [9.17, 15) is 9.18 Å². The molecule has 0 unspecified atom stereocenters. The molecule has 1 amide bonds. The van der Waals surface area contributed by atoms with Crippen LogP contribution in [0.4, 0.5) is 9.18 Å². The van der Waals surface area contributed by atoms with Gasteiger partial charge in [-0.15, -0.1) is 0 Å². The first-order valence-corrected chi connectivity index (χ1v) is 6.57. The number of carbonyl (C=O) groups is 1. The number of likely N-dealkylation sites (N-methyl/N-ethyl adjacent to an activating group) is 1. The summed E-state index contributed by atoms with van der Waals surface area (Å²) in [5.41, 5.74) is -2.58. The first kappa shape index (κ1) is 13.6. The number of carbonyl (C=O) groups excluding carboxylic acids is 1. The van der Waals surface area contributed by atoms with Gasteiger partial charge in [0.15, 0.2) is 0 Å². The van der Waals surface area contributed by atoms with Crippen LogP contribution in [-0.4, -0.2) is 47.9 Å². The normalized spacial score (nSPS) is 35.4. The SMILES string of the molecule is CN(C(=O)OC(C)(C)C)[C@@]12CCC[C@]1(F)CNC2. The van der Waals surface area contributed by atoms with Crippen molar-refractivity contribution in [1.82, 2.24) is 10.2 Å². The number of halogens is 1. The molecule has 18 heavy (non-hydrogen) atoms. The average molecular weight is 258 g/mol. The summed E-state index contributed by atoms with van der Waals surface area (Å²) in [5, 5.41) is 3.08. The molecule has 1 saturated heterocycles. The highest BCUT2D eigenvalue weighted by atomic mass is 19.1. The van der Waals surface area contributed by atoms with Gasteiger partial charge in [-0.05, 0) is 40.0 Å². The Morgan fingerprint density at radius 2 is 2.00 bits per heavy atom. The molecule has 0 radical (unpaired) electrons. The number of hydrogen-bond donors (Lipinski definition) is 1. The quantitative estimate of drug-likeness (QED) is 0.783. The summed E-state index contributed by atoms with van der Waals surface area (Å²) in [6.07, 6.45) is 1.61. The largest absolute Gasteiger partial charge is 0.444 e. The highest BCUT2D eigenvalue weighted by Gasteiger charge is 2.62. The van der Waals surface area contributed by atoms with Crippen LogP contribution in [0.25, 0.3) is 0 Å². The molecular formula is C13H23FN2O2. The van der Waals surface area contributed by atoms with Gasteiger partial charge in [0.05, 0.1) is 5.54 Å². The van der Waals surface area contributed by atoms with Gasteiger partial charge < -0.3 is 15.0 Å². The number of nitrogens with one attached hydrogen (secondary N) is 1. The Kier molecular flexibility index (Phi) is 3.08. The molecule has 0 aromatic rings. The predicted molar refractivity (Wildman–Crippen MR) is 67.3 cm³/mol. The van der Waals surface area contributed by atoms with E-state index in [1.165, 1.54) is 4.90 Å². The van der Waals surface area contributed by atoms with E-state index in [4.69, 9.17) is 4.74 Å². The van der Waals surface area contributed by atoms with E-state index < -0.39 is 22.9 Å². The second-order valence-corrected chi connectivity index (χ2v) is 6.49. The van der Waals surface area contributed by atoms with E-state index in [0.717, 1.165) is 6.42 Å². The van der Waals surface area contributed by atoms with E-state index in [1.807, 2.05) is 20.8 Å². The number of rotatable bonds is 1. The van der Waals surface area contributed by atoms with Gasteiger partial charge in [-0.1, -0.05) is 0 Å². The maximum Gasteiger partial charge on any atom is 0.410 e. The van der Waals surface area contributed by atoms with Crippen LogP contribution in [0.5, 0.6) is 0 Å². The molecule has 1 N–H and O–H groups in total. The topological polar surface area (TPSA) is 41.6 Å². The summed E-state index contributed by atoms with van der Waals surface area (Å²) in [4.78, 5) is 13.6. The van der Waals surface area contributed by atoms with Crippen LogP contribution < -0.4 is 5.32 Å². The highest BCUT2D eigenvalue weighted by molar-refractivity contribution is 5.69. The Morgan fingerprint density at radius 1 is 1.33 bits per heavy atom. The summed E-state index contributed by atoms with van der Waals surface area (Å²) in [7, 11) is 1.65. The molecule has 0 aromatic carbocycles. The van der Waals surface area contributed by atoms with Gasteiger partial charge in [0.1, 0.15) is 11.3 Å². The van der Waals surface area contributed by atoms with Crippen LogP contribution in [0.2, 0.25) is 0 Å². The van der Waals surface area contributed by atoms with Crippen molar-refractivity contribution in [2.45, 2.75) is 56.8 Å². The smallest absolute Gasteiger partial charge is 0.410 e. The Bertz CT molecular complexity index is 341. The molecule has 0 spiro atoms. The molecule has 2 fully saturated rings. The lowest BCUT2D eigenvalue weighted by molar-refractivity contribution is -0.0219. The zero-order valence-corrected chi connectivity index (χ0v) is 11.7. The summed E-state index contributed by atoms with van der Waals surface area (Å²) in [6.45, 7) is 6.31. The van der Waals surface area contributed by atoms with E-state index >= 15 is 0 Å². The van der Waals surface area contributed by atoms with E-state index in [0.29, 0.717) is 25.9 Å². The molecule has 104 valence electrons. The molecule has 4 nitrogen and oxygen atoms in total. The fourth-order valence-corrected chi connectivity index (χ4v) is 3.18. The number of ether oxygens (including phenoxy) is 1. The number of fused-ring (bicyclic) bond motifs is 1. The minimum atomic E-state index is -1.31. The Morgan fingerprint density at radius 3 is 2.61 bits per heavy atom. The Hall–Kier alpha value is -0.840. The number of amides is 1. The highest BCUT2D eigenvalue weighted by Crippen LogP contribution is 2.48. The molecule has 5 heteroatoms. The molecule has 1 saturated carbocycles. The van der Waals surface area contributed by atoms with E-state index in [1.54, 1.807) is 7.05 Å². The van der Waals surface area contributed by atoms with Crippen LogP contribution in [0.1, 0.15) is 40.0 Å². The maximum atomic E-state index is 14.9. The van der Waals surface area contributed by atoms with Gasteiger partial charge >= 0.3 is 6.09 Å². The van der Waals surface area contributed by atoms with Crippen molar-refractivity contribution in [2.24, 2.45) is 0 Å². The van der Waals surface area contributed by atoms with E-state index in [2.05, 4.69) is 5.32 Å². The van der Waals surface area contributed by atoms with Crippen LogP contribution in [0.3, 0.4) is 0 Å². The van der Waals surface area contributed by atoms with Crippen LogP contribution in [-0.2, 0) is 4.74 Å². The Labute approximate surface area is 108 Å². The standard InChI is InChI=1S/C13H23FN2O2/c1-11(2,3)18-10(17)16(4)13-7-5-6-12(13,14)8-15-9-13/h15H,5-9H2,1-4H3/t12-,13+/m0/s1. The van der Waals surface area contributed by atoms with Crippen molar-refractivity contribution in [3.8, 4) is 0 Å². The lowest BCUT2D eigenvalue weighted by Gasteiger charge is -2.41. The summed E-state index contributed by atoms with van der Waals surface area (Å²) in [5.74, 6) is 0. The second kappa shape index (κ2) is 4.08. The lowest BCUT2D eigenvalue weighted by Crippen LogP contribution is -2.60. The second-order valence-electron chi connectivity index (χ2n) is 6.49. The zero-order valence-electron chi connectivity index (χ0n) is 11.7. The van der Waals surface area contributed by atoms with Gasteiger partial charge in [0.2, 0.25) is 0 Å². The van der Waals surface area contributed by atoms with Crippen LogP contribution >= 0.6 is 0 Å². The molecule has 1 heterocycles. The zero-order chi connectivity index (χ0) is 13.6. The molecule has 2 atom stereocenters. The molecule has 0 aromatic heterocycles. The van der Waals surface area contributed by atoms with Gasteiger partial charge in [-0.3, -0.25) is 0 Å². The third-order valence-electron chi connectivity index (χ3n) is 4.13. The van der Waals surface area contributed by atoms with Crippen molar-refractivity contribution < 1.29 is 13.9 Å². The third kappa shape index (κ3) is 1.98. The van der Waals surface area contributed by atoms with Gasteiger partial charge in [-0.25, -0.2) is 9.18 Å². The van der Waals surface area contributed by atoms with Crippen molar-refractivity contribution in [3.05, 3.63) is 0 Å². The van der Waals surface area contributed by atoms with E-state index in [-0.39, 0.29) is 0 Å². The van der Waals surface area contributed by atoms with Crippen molar-refractivity contribution in [2.75, 3.05) is 20.1 Å². The summed E-state index contributed by atoms with van der Waals surface area (Å²) < 4.78 is 20.2. The van der Waals surface area contributed by atoms with Crippen molar-refractivity contribution in [3.63, 3.8) is 0 Å². The molecule has 0 bridgehead atoms. The molecular weight excluding hydrogens is 235 g/mol. The monoisotopic (exact) mass is 258 g/mol. The first-order valence-electron chi connectivity index (χ1n) is 6.57. The summed E-state index contributed by atoms with van der Waals surface area (Å²) >= 11 is 0. The average Bonchev–Trinajstić information content (AvgIpc) is 2.67. The number of nitrogens with zero attached hydrogens (tertiary/aromatic N) is 1. The van der Waals surface area contributed by atoms with Crippen LogP contribution in [0, 0.1) is 0 Å². The fourth-order valence-electron chi connectivity index (χ4n) is 3.18. The fraction of sp³-hybridized carbons (Fsp3) is 0.923. The van der Waals surface area contributed by atoms with Crippen molar-refractivity contribution >= 4 is 6.09 Å². The van der Waals surface area contributed by atoms with Gasteiger partial charge in [-0.2, -0.15) is 0 Å². The Balaban J connectivity index is 2.17. The number of alkyl halides is 1. The molecule has 2 aliphatic rings. The maximum absolute atomic E-state index is 14.9. The number of hydrogen-bond acceptors (Lipinski definition) is 3. The van der Waals surface area contributed by atoms with Gasteiger partial charge in [0, 0.05) is 20.1 Å².